The predicted octanol–water partition coefficient (Wildman–Crippen LogP) is 2.26. The van der Waals surface area contributed by atoms with Gasteiger partial charge in [0, 0.05) is 13.0 Å². The number of halogens is 3. The first-order valence-electron chi connectivity index (χ1n) is 10.7. The normalized spacial score (nSPS) is 19.4. The van der Waals surface area contributed by atoms with Gasteiger partial charge in [-0.05, 0) is 28.8 Å². The third-order valence-corrected chi connectivity index (χ3v) is 6.17. The molecule has 2 fully saturated rings. The van der Waals surface area contributed by atoms with Gasteiger partial charge in [0.2, 0.25) is 11.8 Å². The van der Waals surface area contributed by atoms with Crippen molar-refractivity contribution in [3.05, 3.63) is 59.7 Å². The van der Waals surface area contributed by atoms with Crippen LogP contribution in [0.1, 0.15) is 17.5 Å². The number of piperidine rings is 1. The summed E-state index contributed by atoms with van der Waals surface area (Å²) in [7, 11) is 0. The highest BCUT2D eigenvalue weighted by atomic mass is 19.4. The van der Waals surface area contributed by atoms with E-state index < -0.39 is 53.3 Å². The monoisotopic (exact) mass is 490 g/mol. The van der Waals surface area contributed by atoms with E-state index in [2.05, 4.69) is 5.32 Å². The summed E-state index contributed by atoms with van der Waals surface area (Å²) in [6.07, 6.45) is -4.51. The molecule has 8 nitrogen and oxygen atoms in total. The molecule has 0 bridgehead atoms. The topological polar surface area (TPSA) is 113 Å². The summed E-state index contributed by atoms with van der Waals surface area (Å²) in [6, 6.07) is 11.6. The minimum absolute atomic E-state index is 0.0749. The molecule has 1 spiro atoms. The van der Waals surface area contributed by atoms with Crippen LogP contribution in [0.5, 0.6) is 0 Å². The van der Waals surface area contributed by atoms with Crippen LogP contribution < -0.4 is 5.32 Å². The van der Waals surface area contributed by atoms with Crippen molar-refractivity contribution in [3.8, 4) is 11.1 Å². The van der Waals surface area contributed by atoms with Crippen LogP contribution in [0, 0.1) is 5.92 Å². The van der Waals surface area contributed by atoms with E-state index in [1.54, 1.807) is 24.3 Å². The summed E-state index contributed by atoms with van der Waals surface area (Å²) in [4.78, 5) is 50.3. The van der Waals surface area contributed by atoms with Crippen LogP contribution in [0.3, 0.4) is 0 Å². The van der Waals surface area contributed by atoms with Gasteiger partial charge in [0.1, 0.15) is 6.54 Å². The molecule has 2 aromatic rings. The van der Waals surface area contributed by atoms with Crippen molar-refractivity contribution in [2.45, 2.75) is 24.7 Å². The van der Waals surface area contributed by atoms with E-state index in [-0.39, 0.29) is 26.2 Å². The van der Waals surface area contributed by atoms with Crippen LogP contribution in [0.25, 0.3) is 11.1 Å². The van der Waals surface area contributed by atoms with Crippen LogP contribution in [0.4, 0.5) is 13.2 Å². The van der Waals surface area contributed by atoms with Crippen molar-refractivity contribution < 1.29 is 42.2 Å². The van der Waals surface area contributed by atoms with Gasteiger partial charge in [-0.3, -0.25) is 19.2 Å². The standard InChI is InChI=1S/C24H21F3N2O6/c25-24(26,27)17-7-5-16(6-8-17)15-3-1-14(2-4-15)11-29-22(34)20(21(33)28-10-19(31)32)18(30)9-23(29)12-35-13-23/h1-8,20H,9-13H2,(H,28,33)(H,31,32). The third-order valence-electron chi connectivity index (χ3n) is 6.17. The minimum Gasteiger partial charge on any atom is -0.480 e. The number of alkyl halides is 3. The molecule has 2 N–H and O–H groups in total. The van der Waals surface area contributed by atoms with E-state index in [1.165, 1.54) is 17.0 Å². The Morgan fingerprint density at radius 3 is 2.09 bits per heavy atom. The molecular weight excluding hydrogens is 469 g/mol. The molecule has 0 aromatic heterocycles. The van der Waals surface area contributed by atoms with Gasteiger partial charge < -0.3 is 20.1 Å². The number of benzene rings is 2. The van der Waals surface area contributed by atoms with Crippen molar-refractivity contribution in [1.82, 2.24) is 10.2 Å². The molecule has 2 heterocycles. The number of carboxylic acids is 1. The molecule has 0 aliphatic carbocycles. The number of likely N-dealkylation sites (tertiary alicyclic amines) is 1. The molecule has 2 aliphatic heterocycles. The van der Waals surface area contributed by atoms with E-state index in [0.717, 1.165) is 12.1 Å². The van der Waals surface area contributed by atoms with E-state index >= 15 is 0 Å². The quantitative estimate of drug-likeness (QED) is 0.601. The highest BCUT2D eigenvalue weighted by molar-refractivity contribution is 6.20. The van der Waals surface area contributed by atoms with Crippen LogP contribution in [-0.4, -0.2) is 58.9 Å². The Balaban J connectivity index is 1.52. The number of carbonyl (C=O) groups excluding carboxylic acids is 3. The Morgan fingerprint density at radius 2 is 1.60 bits per heavy atom. The van der Waals surface area contributed by atoms with E-state index in [0.29, 0.717) is 16.7 Å². The average molecular weight is 490 g/mol. The zero-order valence-electron chi connectivity index (χ0n) is 18.3. The average Bonchev–Trinajstić information content (AvgIpc) is 2.78. The maximum atomic E-state index is 13.2. The van der Waals surface area contributed by atoms with Gasteiger partial charge in [-0.15, -0.1) is 0 Å². The number of nitrogens with one attached hydrogen (secondary N) is 1. The Morgan fingerprint density at radius 1 is 1.03 bits per heavy atom. The van der Waals surface area contributed by atoms with Crippen LogP contribution >= 0.6 is 0 Å². The van der Waals surface area contributed by atoms with Gasteiger partial charge >= 0.3 is 12.1 Å². The van der Waals surface area contributed by atoms with E-state index in [4.69, 9.17) is 9.84 Å². The van der Waals surface area contributed by atoms with Crippen LogP contribution in [0.2, 0.25) is 0 Å². The molecule has 11 heteroatoms. The largest absolute Gasteiger partial charge is 0.480 e. The Hall–Kier alpha value is -3.73. The van der Waals surface area contributed by atoms with E-state index in [9.17, 15) is 32.3 Å². The molecule has 1 atom stereocenters. The van der Waals surface area contributed by atoms with Crippen molar-refractivity contribution in [1.29, 1.82) is 0 Å². The van der Waals surface area contributed by atoms with E-state index in [1.807, 2.05) is 0 Å². The number of aliphatic carboxylic acids is 1. The number of nitrogens with zero attached hydrogens (tertiary/aromatic N) is 1. The molecule has 184 valence electrons. The minimum atomic E-state index is -4.42. The summed E-state index contributed by atoms with van der Waals surface area (Å²) in [5.74, 6) is -5.20. The lowest BCUT2D eigenvalue weighted by Crippen LogP contribution is -2.70. The van der Waals surface area contributed by atoms with Gasteiger partial charge in [-0.2, -0.15) is 13.2 Å². The molecule has 2 aromatic carbocycles. The second-order valence-electron chi connectivity index (χ2n) is 8.60. The van der Waals surface area contributed by atoms with Gasteiger partial charge in [0.25, 0.3) is 0 Å². The lowest BCUT2D eigenvalue weighted by atomic mass is 9.78. The SMILES string of the molecule is O=C(O)CNC(=O)C1C(=O)CC2(COC2)N(Cc2ccc(-c3ccc(C(F)(F)F)cc3)cc2)C1=O. The zero-order chi connectivity index (χ0) is 25.4. The lowest BCUT2D eigenvalue weighted by Gasteiger charge is -2.52. The summed E-state index contributed by atoms with van der Waals surface area (Å²) in [5.41, 5.74) is 0.327. The number of hydrogen-bond acceptors (Lipinski definition) is 5. The van der Waals surface area contributed by atoms with Crippen LogP contribution in [0.15, 0.2) is 48.5 Å². The summed E-state index contributed by atoms with van der Waals surface area (Å²) in [6.45, 7) is -0.365. The first-order chi connectivity index (χ1) is 16.5. The molecule has 2 saturated heterocycles. The fourth-order valence-electron chi connectivity index (χ4n) is 4.25. The number of rotatable bonds is 6. The number of hydrogen-bond donors (Lipinski definition) is 2. The fraction of sp³-hybridized carbons (Fsp3) is 0.333. The van der Waals surface area contributed by atoms with Gasteiger partial charge in [0.05, 0.1) is 24.3 Å². The number of carbonyl (C=O) groups is 4. The smallest absolute Gasteiger partial charge is 0.416 e. The van der Waals surface area contributed by atoms with Gasteiger partial charge in [-0.1, -0.05) is 36.4 Å². The number of amides is 2. The molecule has 1 unspecified atom stereocenters. The fourth-order valence-corrected chi connectivity index (χ4v) is 4.25. The third kappa shape index (κ3) is 4.90. The van der Waals surface area contributed by atoms with Crippen molar-refractivity contribution >= 4 is 23.6 Å². The molecule has 0 radical (unpaired) electrons. The predicted molar refractivity (Wildman–Crippen MR) is 115 cm³/mol. The van der Waals surface area contributed by atoms with Gasteiger partial charge in [-0.25, -0.2) is 0 Å². The summed E-state index contributed by atoms with van der Waals surface area (Å²) >= 11 is 0. The Labute approximate surface area is 197 Å². The molecule has 0 saturated carbocycles. The van der Waals surface area contributed by atoms with Crippen molar-refractivity contribution in [2.75, 3.05) is 19.8 Å². The molecular formula is C24H21F3N2O6. The number of Topliss-reactive ketones (excluding diaryl/α,β-unsaturated/α-hetero) is 1. The second kappa shape index (κ2) is 9.14. The first kappa shape index (κ1) is 24.4. The van der Waals surface area contributed by atoms with Crippen molar-refractivity contribution in [3.63, 3.8) is 0 Å². The maximum Gasteiger partial charge on any atom is 0.416 e. The second-order valence-corrected chi connectivity index (χ2v) is 8.60. The van der Waals surface area contributed by atoms with Crippen LogP contribution in [-0.2, 0) is 36.6 Å². The number of ketones is 1. The summed E-state index contributed by atoms with van der Waals surface area (Å²) in [5, 5.41) is 10.9. The maximum absolute atomic E-state index is 13.2. The highest BCUT2D eigenvalue weighted by Gasteiger charge is 2.56. The zero-order valence-corrected chi connectivity index (χ0v) is 18.3. The highest BCUT2D eigenvalue weighted by Crippen LogP contribution is 2.37. The Kier molecular flexibility index (Phi) is 6.37. The van der Waals surface area contributed by atoms with Crippen molar-refractivity contribution in [2.24, 2.45) is 5.92 Å². The lowest BCUT2D eigenvalue weighted by molar-refractivity contribution is -0.188. The number of ether oxygens (including phenoxy) is 1. The molecule has 2 aliphatic rings. The molecule has 2 amide bonds. The van der Waals surface area contributed by atoms with Gasteiger partial charge in [0.15, 0.2) is 11.7 Å². The number of carboxylic acid groups (broad SMARTS) is 1. The summed E-state index contributed by atoms with van der Waals surface area (Å²) < 4.78 is 43.6. The molecule has 35 heavy (non-hydrogen) atoms. The Bertz CT molecular complexity index is 1160. The molecule has 4 rings (SSSR count). The first-order valence-corrected chi connectivity index (χ1v) is 10.7.